The average molecular weight is 256 g/mol. The lowest BCUT2D eigenvalue weighted by atomic mass is 9.95. The van der Waals surface area contributed by atoms with Crippen LogP contribution in [0.1, 0.15) is 45.4 Å². The van der Waals surface area contributed by atoms with Gasteiger partial charge in [-0.05, 0) is 19.8 Å². The van der Waals surface area contributed by atoms with Gasteiger partial charge in [0, 0.05) is 19.1 Å². The highest BCUT2D eigenvalue weighted by Gasteiger charge is 2.39. The van der Waals surface area contributed by atoms with Crippen LogP contribution in [0.25, 0.3) is 0 Å². The second-order valence-electron chi connectivity index (χ2n) is 5.53. The van der Waals surface area contributed by atoms with Crippen LogP contribution in [0.5, 0.6) is 0 Å². The van der Waals surface area contributed by atoms with E-state index in [4.69, 9.17) is 4.74 Å². The smallest absolute Gasteiger partial charge is 0.315 e. The molecule has 0 aromatic carbocycles. The minimum atomic E-state index is -0.913. The molecule has 2 rings (SSSR count). The fourth-order valence-corrected chi connectivity index (χ4v) is 2.72. The first-order chi connectivity index (χ1) is 8.60. The Kier molecular flexibility index (Phi) is 4.45. The van der Waals surface area contributed by atoms with Crippen LogP contribution in [0.4, 0.5) is 4.79 Å². The molecule has 1 aliphatic heterocycles. The van der Waals surface area contributed by atoms with Gasteiger partial charge in [0.2, 0.25) is 0 Å². The van der Waals surface area contributed by atoms with Gasteiger partial charge in [-0.2, -0.15) is 0 Å². The molecule has 5 nitrogen and oxygen atoms in total. The van der Waals surface area contributed by atoms with Gasteiger partial charge in [0.05, 0.1) is 12.6 Å². The molecule has 2 unspecified atom stereocenters. The predicted molar refractivity (Wildman–Crippen MR) is 68.4 cm³/mol. The number of aliphatic hydroxyl groups is 1. The summed E-state index contributed by atoms with van der Waals surface area (Å²) in [5, 5.41) is 16.0. The van der Waals surface area contributed by atoms with Crippen LogP contribution in [0, 0.1) is 0 Å². The van der Waals surface area contributed by atoms with Crippen molar-refractivity contribution < 1.29 is 14.6 Å². The number of rotatable bonds is 3. The Bertz CT molecular complexity index is 292. The number of ether oxygens (including phenoxy) is 1. The molecule has 104 valence electrons. The van der Waals surface area contributed by atoms with Gasteiger partial charge in [0.1, 0.15) is 5.60 Å². The van der Waals surface area contributed by atoms with E-state index in [1.807, 2.05) is 6.92 Å². The molecule has 2 aliphatic rings. The lowest BCUT2D eigenvalue weighted by Gasteiger charge is -2.27. The molecule has 18 heavy (non-hydrogen) atoms. The number of carbonyl (C=O) groups is 1. The number of amides is 2. The van der Waals surface area contributed by atoms with Crippen molar-refractivity contribution in [3.05, 3.63) is 0 Å². The summed E-state index contributed by atoms with van der Waals surface area (Å²) in [4.78, 5) is 11.7. The molecule has 1 aliphatic carbocycles. The summed E-state index contributed by atoms with van der Waals surface area (Å²) in [5.74, 6) is 0. The fraction of sp³-hybridized carbons (Fsp3) is 0.923. The number of hydrogen-bond donors (Lipinski definition) is 3. The molecule has 2 amide bonds. The second-order valence-corrected chi connectivity index (χ2v) is 5.53. The Morgan fingerprint density at radius 2 is 2.11 bits per heavy atom. The summed E-state index contributed by atoms with van der Waals surface area (Å²) < 4.78 is 5.33. The van der Waals surface area contributed by atoms with E-state index < -0.39 is 5.60 Å². The molecule has 0 aromatic heterocycles. The Morgan fingerprint density at radius 1 is 1.39 bits per heavy atom. The van der Waals surface area contributed by atoms with Crippen molar-refractivity contribution >= 4 is 6.03 Å². The topological polar surface area (TPSA) is 70.6 Å². The van der Waals surface area contributed by atoms with Crippen LogP contribution in [0.3, 0.4) is 0 Å². The molecular weight excluding hydrogens is 232 g/mol. The lowest BCUT2D eigenvalue weighted by molar-refractivity contribution is -0.0243. The van der Waals surface area contributed by atoms with E-state index in [-0.39, 0.29) is 18.7 Å². The molecule has 2 fully saturated rings. The van der Waals surface area contributed by atoms with Gasteiger partial charge in [0.25, 0.3) is 0 Å². The maximum atomic E-state index is 11.7. The molecule has 3 N–H and O–H groups in total. The van der Waals surface area contributed by atoms with E-state index in [9.17, 15) is 9.90 Å². The van der Waals surface area contributed by atoms with E-state index in [0.29, 0.717) is 19.1 Å². The third kappa shape index (κ3) is 3.36. The average Bonchev–Trinajstić information content (AvgIpc) is 2.69. The Hall–Kier alpha value is -0.810. The van der Waals surface area contributed by atoms with Crippen LogP contribution < -0.4 is 10.6 Å². The first-order valence-corrected chi connectivity index (χ1v) is 6.98. The second kappa shape index (κ2) is 5.89. The number of urea groups is 1. The van der Waals surface area contributed by atoms with E-state index >= 15 is 0 Å². The third-order valence-electron chi connectivity index (χ3n) is 4.16. The van der Waals surface area contributed by atoms with Crippen molar-refractivity contribution in [1.82, 2.24) is 10.6 Å². The summed E-state index contributed by atoms with van der Waals surface area (Å²) in [5.41, 5.74) is -0.913. The Labute approximate surface area is 108 Å². The zero-order chi connectivity index (χ0) is 13.0. The maximum Gasteiger partial charge on any atom is 0.315 e. The molecule has 1 saturated heterocycles. The molecule has 1 heterocycles. The Balaban J connectivity index is 1.71. The monoisotopic (exact) mass is 256 g/mol. The summed E-state index contributed by atoms with van der Waals surface area (Å²) in [7, 11) is 0. The van der Waals surface area contributed by atoms with Gasteiger partial charge in [0.15, 0.2) is 0 Å². The largest absolute Gasteiger partial charge is 0.385 e. The number of nitrogens with one attached hydrogen (secondary N) is 2. The van der Waals surface area contributed by atoms with Gasteiger partial charge in [-0.15, -0.1) is 0 Å². The van der Waals surface area contributed by atoms with E-state index in [0.717, 1.165) is 12.8 Å². The molecule has 0 bridgehead atoms. The summed E-state index contributed by atoms with van der Waals surface area (Å²) >= 11 is 0. The van der Waals surface area contributed by atoms with E-state index in [2.05, 4.69) is 10.6 Å². The molecule has 1 saturated carbocycles. The van der Waals surface area contributed by atoms with Crippen LogP contribution in [-0.2, 0) is 4.74 Å². The fourth-order valence-electron chi connectivity index (χ4n) is 2.72. The highest BCUT2D eigenvalue weighted by molar-refractivity contribution is 5.74. The van der Waals surface area contributed by atoms with Crippen LogP contribution in [0.2, 0.25) is 0 Å². The van der Waals surface area contributed by atoms with Crippen molar-refractivity contribution in [1.29, 1.82) is 0 Å². The van der Waals surface area contributed by atoms with Crippen LogP contribution in [0.15, 0.2) is 0 Å². The van der Waals surface area contributed by atoms with Gasteiger partial charge < -0.3 is 20.5 Å². The lowest BCUT2D eigenvalue weighted by Crippen LogP contribution is -2.51. The standard InChI is InChI=1S/C13H24N2O3/c1-10-13(17,7-8-18-10)9-14-12(16)15-11-5-3-2-4-6-11/h10-11,17H,2-9H2,1H3,(H2,14,15,16). The minimum Gasteiger partial charge on any atom is -0.385 e. The van der Waals surface area contributed by atoms with Crippen molar-refractivity contribution in [2.24, 2.45) is 0 Å². The first-order valence-electron chi connectivity index (χ1n) is 6.98. The molecular formula is C13H24N2O3. The molecule has 0 aromatic rings. The zero-order valence-corrected chi connectivity index (χ0v) is 11.1. The Morgan fingerprint density at radius 3 is 2.72 bits per heavy atom. The normalized spacial score (nSPS) is 33.3. The van der Waals surface area contributed by atoms with Gasteiger partial charge in [-0.25, -0.2) is 4.79 Å². The number of hydrogen-bond acceptors (Lipinski definition) is 3. The van der Waals surface area contributed by atoms with Crippen LogP contribution in [-0.4, -0.2) is 42.0 Å². The predicted octanol–water partition coefficient (Wildman–Crippen LogP) is 1.16. The number of carbonyl (C=O) groups excluding carboxylic acids is 1. The maximum absolute atomic E-state index is 11.7. The molecule has 0 spiro atoms. The van der Waals surface area contributed by atoms with Gasteiger partial charge >= 0.3 is 6.03 Å². The van der Waals surface area contributed by atoms with Crippen molar-refractivity contribution in [3.8, 4) is 0 Å². The molecule has 0 radical (unpaired) electrons. The molecule has 5 heteroatoms. The summed E-state index contributed by atoms with van der Waals surface area (Å²) in [6, 6.07) is 0.125. The van der Waals surface area contributed by atoms with Crippen molar-refractivity contribution in [2.45, 2.75) is 63.2 Å². The highest BCUT2D eigenvalue weighted by Crippen LogP contribution is 2.24. The van der Waals surface area contributed by atoms with Crippen molar-refractivity contribution in [2.75, 3.05) is 13.2 Å². The zero-order valence-electron chi connectivity index (χ0n) is 11.1. The SMILES string of the molecule is CC1OCCC1(O)CNC(=O)NC1CCCCC1. The molecule has 2 atom stereocenters. The van der Waals surface area contributed by atoms with Gasteiger partial charge in [-0.1, -0.05) is 19.3 Å². The summed E-state index contributed by atoms with van der Waals surface area (Å²) in [6.45, 7) is 2.66. The van der Waals surface area contributed by atoms with E-state index in [1.165, 1.54) is 19.3 Å². The summed E-state index contributed by atoms with van der Waals surface area (Å²) in [6.07, 6.45) is 6.16. The minimum absolute atomic E-state index is 0.172. The first kappa shape index (κ1) is 13.6. The highest BCUT2D eigenvalue weighted by atomic mass is 16.5. The quantitative estimate of drug-likeness (QED) is 0.709. The van der Waals surface area contributed by atoms with Crippen molar-refractivity contribution in [3.63, 3.8) is 0 Å². The van der Waals surface area contributed by atoms with Crippen LogP contribution >= 0.6 is 0 Å². The third-order valence-corrected chi connectivity index (χ3v) is 4.16. The van der Waals surface area contributed by atoms with Gasteiger partial charge in [-0.3, -0.25) is 0 Å². The van der Waals surface area contributed by atoms with E-state index in [1.54, 1.807) is 0 Å².